The summed E-state index contributed by atoms with van der Waals surface area (Å²) in [5.41, 5.74) is 0. The molecule has 2 fully saturated rings. The maximum absolute atomic E-state index is 5.79. The molecule has 1 spiro atoms. The number of nitrogens with zero attached hydrogens (tertiary/aromatic N) is 3. The average Bonchev–Trinajstić information content (AvgIpc) is 2.86. The first-order chi connectivity index (χ1) is 9.26. The summed E-state index contributed by atoms with van der Waals surface area (Å²) < 4.78 is 18.0. The van der Waals surface area contributed by atoms with Gasteiger partial charge in [-0.1, -0.05) is 0 Å². The van der Waals surface area contributed by atoms with Crippen LogP contribution in [0.4, 0.5) is 5.82 Å². The van der Waals surface area contributed by atoms with Gasteiger partial charge in [0, 0.05) is 19.4 Å². The van der Waals surface area contributed by atoms with Crippen molar-refractivity contribution in [3.8, 4) is 5.88 Å². The van der Waals surface area contributed by atoms with Crippen LogP contribution in [0.15, 0.2) is 10.8 Å². The first kappa shape index (κ1) is 11.9. The first-order valence-electron chi connectivity index (χ1n) is 6.46. The lowest BCUT2D eigenvalue weighted by Gasteiger charge is -2.45. The molecule has 0 aliphatic carbocycles. The normalized spacial score (nSPS) is 27.8. The molecule has 19 heavy (non-hydrogen) atoms. The van der Waals surface area contributed by atoms with Gasteiger partial charge in [0.15, 0.2) is 11.6 Å². The van der Waals surface area contributed by atoms with Gasteiger partial charge in [-0.2, -0.15) is 0 Å². The Kier molecular flexibility index (Phi) is 2.68. The molecule has 0 aromatic carbocycles. The van der Waals surface area contributed by atoms with E-state index in [1.165, 1.54) is 0 Å². The highest BCUT2D eigenvalue weighted by atomic mass is 79.9. The van der Waals surface area contributed by atoms with Crippen LogP contribution in [0.3, 0.4) is 0 Å². The predicted octanol–water partition coefficient (Wildman–Crippen LogP) is 1.34. The standard InChI is InChI=1S/C12H14BrN3O3/c13-9-6-14-10-11(15-9)17-7-8-5-12(1-2-16(8)10)18-3-4-19-12/h6,8H,1-5,7H2/t8-/m1/s1. The van der Waals surface area contributed by atoms with Crippen molar-refractivity contribution in [1.82, 2.24) is 9.97 Å². The van der Waals surface area contributed by atoms with Gasteiger partial charge in [0.2, 0.25) is 0 Å². The summed E-state index contributed by atoms with van der Waals surface area (Å²) in [6.07, 6.45) is 3.39. The minimum absolute atomic E-state index is 0.245. The van der Waals surface area contributed by atoms with Gasteiger partial charge in [0.1, 0.15) is 11.2 Å². The van der Waals surface area contributed by atoms with Gasteiger partial charge in [-0.3, -0.25) is 0 Å². The minimum atomic E-state index is -0.398. The SMILES string of the molecule is Brc1cnc2c(n1)OC[C@H]1CC3(CCN21)OCCO3. The van der Waals surface area contributed by atoms with Gasteiger partial charge in [-0.15, -0.1) is 0 Å². The highest BCUT2D eigenvalue weighted by Crippen LogP contribution is 2.40. The summed E-state index contributed by atoms with van der Waals surface area (Å²) in [7, 11) is 0. The molecule has 0 radical (unpaired) electrons. The molecule has 0 amide bonds. The zero-order valence-corrected chi connectivity index (χ0v) is 11.9. The van der Waals surface area contributed by atoms with Gasteiger partial charge in [-0.25, -0.2) is 9.97 Å². The molecular weight excluding hydrogens is 314 g/mol. The highest BCUT2D eigenvalue weighted by Gasteiger charge is 2.46. The van der Waals surface area contributed by atoms with E-state index in [1.54, 1.807) is 6.20 Å². The second kappa shape index (κ2) is 4.29. The molecule has 4 rings (SSSR count). The van der Waals surface area contributed by atoms with E-state index in [2.05, 4.69) is 30.8 Å². The minimum Gasteiger partial charge on any atom is -0.473 e. The third kappa shape index (κ3) is 1.91. The Hall–Kier alpha value is -0.920. The van der Waals surface area contributed by atoms with Crippen LogP contribution in [-0.2, 0) is 9.47 Å². The van der Waals surface area contributed by atoms with Crippen molar-refractivity contribution >= 4 is 21.7 Å². The molecular formula is C12H14BrN3O3. The van der Waals surface area contributed by atoms with Crippen LogP contribution in [-0.4, -0.2) is 48.2 Å². The monoisotopic (exact) mass is 327 g/mol. The molecule has 7 heteroatoms. The van der Waals surface area contributed by atoms with Gasteiger partial charge >= 0.3 is 0 Å². The van der Waals surface area contributed by atoms with Crippen molar-refractivity contribution in [2.45, 2.75) is 24.7 Å². The maximum atomic E-state index is 5.79. The van der Waals surface area contributed by atoms with Crippen LogP contribution >= 0.6 is 15.9 Å². The second-order valence-corrected chi connectivity index (χ2v) is 5.85. The molecule has 4 heterocycles. The third-order valence-corrected chi connectivity index (χ3v) is 4.29. The molecule has 3 aliphatic heterocycles. The Labute approximate surface area is 119 Å². The zero-order valence-electron chi connectivity index (χ0n) is 10.3. The molecule has 0 saturated carbocycles. The van der Waals surface area contributed by atoms with Gasteiger partial charge < -0.3 is 19.1 Å². The van der Waals surface area contributed by atoms with E-state index >= 15 is 0 Å². The average molecular weight is 328 g/mol. The summed E-state index contributed by atoms with van der Waals surface area (Å²) in [6, 6.07) is 0.245. The van der Waals surface area contributed by atoms with Crippen LogP contribution in [0.1, 0.15) is 12.8 Å². The molecule has 2 saturated heterocycles. The number of halogens is 1. The quantitative estimate of drug-likeness (QED) is 0.716. The fourth-order valence-corrected chi connectivity index (χ4v) is 3.31. The summed E-state index contributed by atoms with van der Waals surface area (Å²) in [5, 5.41) is 0. The fourth-order valence-electron chi connectivity index (χ4n) is 3.05. The lowest BCUT2D eigenvalue weighted by atomic mass is 9.95. The molecule has 3 aliphatic rings. The number of hydrogen-bond acceptors (Lipinski definition) is 6. The Morgan fingerprint density at radius 3 is 3.05 bits per heavy atom. The first-order valence-corrected chi connectivity index (χ1v) is 7.25. The van der Waals surface area contributed by atoms with Crippen molar-refractivity contribution in [1.29, 1.82) is 0 Å². The molecule has 0 unspecified atom stereocenters. The number of aromatic nitrogens is 2. The van der Waals surface area contributed by atoms with Crippen molar-refractivity contribution in [2.24, 2.45) is 0 Å². The Morgan fingerprint density at radius 1 is 1.37 bits per heavy atom. The Bertz CT molecular complexity index is 507. The van der Waals surface area contributed by atoms with Crippen molar-refractivity contribution < 1.29 is 14.2 Å². The van der Waals surface area contributed by atoms with Gasteiger partial charge in [-0.05, 0) is 15.9 Å². The molecule has 1 aromatic heterocycles. The van der Waals surface area contributed by atoms with Crippen LogP contribution in [0.25, 0.3) is 0 Å². The molecule has 0 bridgehead atoms. The maximum Gasteiger partial charge on any atom is 0.258 e. The van der Waals surface area contributed by atoms with E-state index in [0.717, 1.165) is 25.2 Å². The Balaban J connectivity index is 1.62. The number of hydrogen-bond donors (Lipinski definition) is 0. The van der Waals surface area contributed by atoms with E-state index in [9.17, 15) is 0 Å². The van der Waals surface area contributed by atoms with Gasteiger partial charge in [0.05, 0.1) is 25.5 Å². The number of fused-ring (bicyclic) bond motifs is 3. The predicted molar refractivity (Wildman–Crippen MR) is 70.2 cm³/mol. The van der Waals surface area contributed by atoms with E-state index in [-0.39, 0.29) is 6.04 Å². The highest BCUT2D eigenvalue weighted by molar-refractivity contribution is 9.10. The number of anilines is 1. The van der Waals surface area contributed by atoms with Gasteiger partial charge in [0.25, 0.3) is 5.88 Å². The summed E-state index contributed by atoms with van der Waals surface area (Å²) in [4.78, 5) is 11.0. The summed E-state index contributed by atoms with van der Waals surface area (Å²) in [6.45, 7) is 2.85. The number of ether oxygens (including phenoxy) is 3. The van der Waals surface area contributed by atoms with Crippen molar-refractivity contribution in [2.75, 3.05) is 31.3 Å². The number of piperidine rings is 1. The van der Waals surface area contributed by atoms with E-state index in [4.69, 9.17) is 14.2 Å². The van der Waals surface area contributed by atoms with E-state index in [1.807, 2.05) is 0 Å². The van der Waals surface area contributed by atoms with E-state index < -0.39 is 5.79 Å². The second-order valence-electron chi connectivity index (χ2n) is 5.04. The van der Waals surface area contributed by atoms with Crippen LogP contribution in [0.2, 0.25) is 0 Å². The van der Waals surface area contributed by atoms with Crippen LogP contribution in [0.5, 0.6) is 5.88 Å². The van der Waals surface area contributed by atoms with E-state index in [0.29, 0.717) is 30.3 Å². The summed E-state index contributed by atoms with van der Waals surface area (Å²) >= 11 is 3.32. The largest absolute Gasteiger partial charge is 0.473 e. The fraction of sp³-hybridized carbons (Fsp3) is 0.667. The van der Waals surface area contributed by atoms with Crippen LogP contribution in [0, 0.1) is 0 Å². The smallest absolute Gasteiger partial charge is 0.258 e. The molecule has 1 atom stereocenters. The molecule has 102 valence electrons. The topological polar surface area (TPSA) is 56.7 Å². The zero-order chi connectivity index (χ0) is 12.9. The third-order valence-electron chi connectivity index (χ3n) is 3.91. The lowest BCUT2D eigenvalue weighted by Crippen LogP contribution is -2.55. The van der Waals surface area contributed by atoms with Crippen molar-refractivity contribution in [3.63, 3.8) is 0 Å². The van der Waals surface area contributed by atoms with Crippen molar-refractivity contribution in [3.05, 3.63) is 10.8 Å². The van der Waals surface area contributed by atoms with Crippen LogP contribution < -0.4 is 9.64 Å². The molecule has 6 nitrogen and oxygen atoms in total. The molecule has 1 aromatic rings. The summed E-state index contributed by atoms with van der Waals surface area (Å²) in [5.74, 6) is 1.03. The molecule has 0 N–H and O–H groups in total. The Morgan fingerprint density at radius 2 is 2.21 bits per heavy atom. The lowest BCUT2D eigenvalue weighted by molar-refractivity contribution is -0.178. The number of rotatable bonds is 0.